The third-order valence-electron chi connectivity index (χ3n) is 4.56. The molecule has 8 nitrogen and oxygen atoms in total. The number of rotatable bonds is 5. The van der Waals surface area contributed by atoms with Gasteiger partial charge in [0.25, 0.3) is 0 Å². The van der Waals surface area contributed by atoms with Gasteiger partial charge >= 0.3 is 6.09 Å². The maximum atomic E-state index is 12.1. The van der Waals surface area contributed by atoms with Gasteiger partial charge in [0, 0.05) is 37.9 Å². The number of pyridine rings is 1. The molecule has 1 aliphatic rings. The molecule has 0 bridgehead atoms. The maximum absolute atomic E-state index is 12.1. The fourth-order valence-electron chi connectivity index (χ4n) is 3.17. The minimum atomic E-state index is -1.000. The van der Waals surface area contributed by atoms with Crippen molar-refractivity contribution in [1.29, 1.82) is 0 Å². The summed E-state index contributed by atoms with van der Waals surface area (Å²) in [6.07, 6.45) is 3.40. The van der Waals surface area contributed by atoms with Gasteiger partial charge in [-0.1, -0.05) is 13.8 Å². The normalized spacial score (nSPS) is 17.1. The van der Waals surface area contributed by atoms with Crippen LogP contribution >= 0.6 is 15.9 Å². The van der Waals surface area contributed by atoms with E-state index >= 15 is 0 Å². The predicted octanol–water partition coefficient (Wildman–Crippen LogP) is 3.01. The van der Waals surface area contributed by atoms with Crippen LogP contribution in [0.15, 0.2) is 16.9 Å². The topological polar surface area (TPSA) is 110 Å². The van der Waals surface area contributed by atoms with Crippen LogP contribution in [0.3, 0.4) is 0 Å². The van der Waals surface area contributed by atoms with Crippen LogP contribution in [0.25, 0.3) is 11.0 Å². The van der Waals surface area contributed by atoms with E-state index in [9.17, 15) is 9.59 Å². The number of fused-ring (bicyclic) bond motifs is 1. The van der Waals surface area contributed by atoms with E-state index in [1.807, 2.05) is 13.8 Å². The summed E-state index contributed by atoms with van der Waals surface area (Å²) in [6, 6.07) is 0. The number of nitrogens with one attached hydrogen (secondary N) is 3. The number of carbonyl (C=O) groups excluding carboxylic acids is 1. The van der Waals surface area contributed by atoms with Gasteiger partial charge in [0.15, 0.2) is 0 Å². The second kappa shape index (κ2) is 7.53. The number of aromatic nitrogens is 2. The molecule has 2 amide bonds. The van der Waals surface area contributed by atoms with Gasteiger partial charge in [-0.2, -0.15) is 0 Å². The molecule has 1 atom stereocenters. The summed E-state index contributed by atoms with van der Waals surface area (Å²) in [7, 11) is 0. The second-order valence-electron chi connectivity index (χ2n) is 6.81. The standard InChI is InChI=1S/C17H22BrN5O3/c1-9(2)16(24)22-12-7-20-15-13(12)14(11(18)6-19-15)23-4-3-10(8-23)5-21-17(25)26/h6-7,9-10,21H,3-5,8H2,1-2H3,(H,19,20)(H,22,24)(H,25,26). The average molecular weight is 424 g/mol. The Balaban J connectivity index is 1.90. The van der Waals surface area contributed by atoms with Gasteiger partial charge in [-0.15, -0.1) is 0 Å². The zero-order chi connectivity index (χ0) is 18.8. The molecule has 3 heterocycles. The first kappa shape index (κ1) is 18.5. The number of hydrogen-bond acceptors (Lipinski definition) is 4. The van der Waals surface area contributed by atoms with E-state index in [2.05, 4.69) is 41.4 Å². The van der Waals surface area contributed by atoms with Crippen molar-refractivity contribution in [3.05, 3.63) is 16.9 Å². The lowest BCUT2D eigenvalue weighted by Crippen LogP contribution is -2.29. The van der Waals surface area contributed by atoms with Crippen molar-refractivity contribution in [3.8, 4) is 0 Å². The largest absolute Gasteiger partial charge is 0.465 e. The van der Waals surface area contributed by atoms with Crippen molar-refractivity contribution in [3.63, 3.8) is 0 Å². The van der Waals surface area contributed by atoms with E-state index in [1.54, 1.807) is 12.4 Å². The molecule has 1 aliphatic heterocycles. The number of carboxylic acid groups (broad SMARTS) is 1. The monoisotopic (exact) mass is 423 g/mol. The van der Waals surface area contributed by atoms with Gasteiger partial charge in [0.1, 0.15) is 5.65 Å². The van der Waals surface area contributed by atoms with Crippen LogP contribution in [0.2, 0.25) is 0 Å². The van der Waals surface area contributed by atoms with Gasteiger partial charge in [-0.25, -0.2) is 9.78 Å². The smallest absolute Gasteiger partial charge is 0.404 e. The van der Waals surface area contributed by atoms with Crippen LogP contribution in [0.5, 0.6) is 0 Å². The molecule has 4 N–H and O–H groups in total. The number of aromatic amines is 1. The fraction of sp³-hybridized carbons (Fsp3) is 0.471. The number of carbonyl (C=O) groups is 2. The lowest BCUT2D eigenvalue weighted by molar-refractivity contribution is -0.118. The molecule has 0 saturated carbocycles. The number of hydrogen-bond donors (Lipinski definition) is 4. The molecule has 26 heavy (non-hydrogen) atoms. The Bertz CT molecular complexity index is 835. The number of halogens is 1. The van der Waals surface area contributed by atoms with Crippen molar-refractivity contribution < 1.29 is 14.7 Å². The molecule has 1 fully saturated rings. The first-order valence-corrected chi connectivity index (χ1v) is 9.34. The molecule has 9 heteroatoms. The van der Waals surface area contributed by atoms with Gasteiger partial charge in [0.2, 0.25) is 5.91 Å². The highest BCUT2D eigenvalue weighted by atomic mass is 79.9. The van der Waals surface area contributed by atoms with Crippen LogP contribution in [0.4, 0.5) is 16.2 Å². The summed E-state index contributed by atoms with van der Waals surface area (Å²) in [5, 5.41) is 15.1. The Kier molecular flexibility index (Phi) is 5.36. The number of nitrogens with zero attached hydrogens (tertiary/aromatic N) is 2. The molecule has 140 valence electrons. The van der Waals surface area contributed by atoms with E-state index < -0.39 is 6.09 Å². The fourth-order valence-corrected chi connectivity index (χ4v) is 3.73. The molecule has 1 unspecified atom stereocenters. The van der Waals surface area contributed by atoms with Gasteiger partial charge in [-0.3, -0.25) is 4.79 Å². The van der Waals surface area contributed by atoms with Crippen molar-refractivity contribution in [2.75, 3.05) is 29.9 Å². The molecule has 0 aliphatic carbocycles. The Hall–Kier alpha value is -2.29. The van der Waals surface area contributed by atoms with Gasteiger partial charge in [0.05, 0.1) is 21.2 Å². The van der Waals surface area contributed by atoms with Gasteiger partial charge in [-0.05, 0) is 28.3 Å². The third kappa shape index (κ3) is 3.77. The summed E-state index contributed by atoms with van der Waals surface area (Å²) in [4.78, 5) is 32.6. The Morgan fingerprint density at radius 2 is 2.27 bits per heavy atom. The molecule has 2 aromatic heterocycles. The summed E-state index contributed by atoms with van der Waals surface area (Å²) >= 11 is 3.58. The summed E-state index contributed by atoms with van der Waals surface area (Å²) in [6.45, 7) is 5.68. The highest BCUT2D eigenvalue weighted by molar-refractivity contribution is 9.10. The van der Waals surface area contributed by atoms with E-state index in [-0.39, 0.29) is 17.7 Å². The van der Waals surface area contributed by atoms with Crippen LogP contribution in [-0.2, 0) is 4.79 Å². The van der Waals surface area contributed by atoms with E-state index in [0.717, 1.165) is 35.1 Å². The quantitative estimate of drug-likeness (QED) is 0.590. The van der Waals surface area contributed by atoms with Crippen molar-refractivity contribution in [1.82, 2.24) is 15.3 Å². The zero-order valence-electron chi connectivity index (χ0n) is 14.7. The van der Waals surface area contributed by atoms with Crippen molar-refractivity contribution >= 4 is 50.3 Å². The Morgan fingerprint density at radius 3 is 2.96 bits per heavy atom. The maximum Gasteiger partial charge on any atom is 0.404 e. The number of H-pyrrole nitrogens is 1. The summed E-state index contributed by atoms with van der Waals surface area (Å²) in [5.74, 6) is 0.0671. The van der Waals surface area contributed by atoms with Crippen LogP contribution < -0.4 is 15.5 Å². The molecule has 2 aromatic rings. The molecule has 0 radical (unpaired) electrons. The first-order valence-electron chi connectivity index (χ1n) is 8.55. The second-order valence-corrected chi connectivity index (χ2v) is 7.67. The third-order valence-corrected chi connectivity index (χ3v) is 5.14. The molecular weight excluding hydrogens is 402 g/mol. The number of anilines is 2. The van der Waals surface area contributed by atoms with Crippen molar-refractivity contribution in [2.24, 2.45) is 11.8 Å². The summed E-state index contributed by atoms with van der Waals surface area (Å²) in [5.41, 5.74) is 2.37. The van der Waals surface area contributed by atoms with E-state index in [0.29, 0.717) is 17.9 Å². The molecular formula is C17H22BrN5O3. The Morgan fingerprint density at radius 1 is 1.50 bits per heavy atom. The number of amides is 2. The lowest BCUT2D eigenvalue weighted by atomic mass is 10.1. The first-order chi connectivity index (χ1) is 12.4. The minimum Gasteiger partial charge on any atom is -0.465 e. The van der Waals surface area contributed by atoms with Crippen molar-refractivity contribution in [2.45, 2.75) is 20.3 Å². The van der Waals surface area contributed by atoms with E-state index in [4.69, 9.17) is 5.11 Å². The Labute approximate surface area is 159 Å². The van der Waals surface area contributed by atoms with Crippen LogP contribution in [0, 0.1) is 11.8 Å². The van der Waals surface area contributed by atoms with E-state index in [1.165, 1.54) is 0 Å². The molecule has 0 spiro atoms. The molecule has 1 saturated heterocycles. The molecule has 0 aromatic carbocycles. The van der Waals surface area contributed by atoms with Gasteiger partial charge < -0.3 is 25.6 Å². The summed E-state index contributed by atoms with van der Waals surface area (Å²) < 4.78 is 0.844. The SMILES string of the molecule is CC(C)C(=O)Nc1c[nH]c2ncc(Br)c(N3CCC(CNC(=O)O)C3)c12. The van der Waals surface area contributed by atoms with Crippen LogP contribution in [0.1, 0.15) is 20.3 Å². The lowest BCUT2D eigenvalue weighted by Gasteiger charge is -2.22. The highest BCUT2D eigenvalue weighted by Crippen LogP contribution is 2.39. The minimum absolute atomic E-state index is 0.0539. The predicted molar refractivity (Wildman–Crippen MR) is 104 cm³/mol. The average Bonchev–Trinajstić information content (AvgIpc) is 3.20. The highest BCUT2D eigenvalue weighted by Gasteiger charge is 2.27. The molecule has 3 rings (SSSR count). The van der Waals surface area contributed by atoms with Crippen LogP contribution in [-0.4, -0.2) is 46.7 Å². The zero-order valence-corrected chi connectivity index (χ0v) is 16.3.